The highest BCUT2D eigenvalue weighted by atomic mass is 16.5. The third kappa shape index (κ3) is 2.89. The molecule has 16 heavy (non-hydrogen) atoms. The first-order chi connectivity index (χ1) is 7.66. The van der Waals surface area contributed by atoms with Crippen molar-refractivity contribution in [1.29, 1.82) is 0 Å². The van der Waals surface area contributed by atoms with Gasteiger partial charge in [-0.3, -0.25) is 0 Å². The van der Waals surface area contributed by atoms with Crippen LogP contribution in [0.4, 0.5) is 5.69 Å². The van der Waals surface area contributed by atoms with Crippen LogP contribution in [0, 0.1) is 12.8 Å². The van der Waals surface area contributed by atoms with Crippen molar-refractivity contribution >= 4 is 5.69 Å². The van der Waals surface area contributed by atoms with Gasteiger partial charge in [0.15, 0.2) is 0 Å². The van der Waals surface area contributed by atoms with E-state index in [4.69, 9.17) is 10.5 Å². The SMILES string of the molecule is [CH2]C(O)c1cc(OCCC2CC2)ccc1N. The largest absolute Gasteiger partial charge is 0.494 e. The summed E-state index contributed by atoms with van der Waals surface area (Å²) in [6.45, 7) is 4.29. The monoisotopic (exact) mass is 220 g/mol. The molecule has 0 aliphatic heterocycles. The summed E-state index contributed by atoms with van der Waals surface area (Å²) in [5.74, 6) is 1.62. The van der Waals surface area contributed by atoms with E-state index in [2.05, 4.69) is 6.92 Å². The van der Waals surface area contributed by atoms with Gasteiger partial charge >= 0.3 is 0 Å². The Morgan fingerprint density at radius 1 is 1.50 bits per heavy atom. The number of rotatable bonds is 5. The van der Waals surface area contributed by atoms with Crippen LogP contribution in [-0.2, 0) is 0 Å². The molecule has 1 aromatic carbocycles. The van der Waals surface area contributed by atoms with Crippen LogP contribution in [0.5, 0.6) is 5.75 Å². The Labute approximate surface area is 96.2 Å². The highest BCUT2D eigenvalue weighted by molar-refractivity contribution is 5.51. The molecule has 0 saturated heterocycles. The molecular weight excluding hydrogens is 202 g/mol. The normalized spacial score (nSPS) is 17.1. The predicted molar refractivity (Wildman–Crippen MR) is 64.0 cm³/mol. The smallest absolute Gasteiger partial charge is 0.119 e. The lowest BCUT2D eigenvalue weighted by atomic mass is 10.1. The van der Waals surface area contributed by atoms with E-state index in [1.807, 2.05) is 6.07 Å². The van der Waals surface area contributed by atoms with Crippen molar-refractivity contribution in [2.75, 3.05) is 12.3 Å². The molecule has 87 valence electrons. The third-order valence-electron chi connectivity index (χ3n) is 2.91. The van der Waals surface area contributed by atoms with Crippen LogP contribution in [0.2, 0.25) is 0 Å². The molecule has 1 aromatic rings. The fourth-order valence-corrected chi connectivity index (χ4v) is 1.68. The molecule has 2 rings (SSSR count). The van der Waals surface area contributed by atoms with E-state index in [1.54, 1.807) is 12.1 Å². The maximum absolute atomic E-state index is 9.41. The van der Waals surface area contributed by atoms with Gasteiger partial charge < -0.3 is 15.6 Å². The molecule has 1 unspecified atom stereocenters. The lowest BCUT2D eigenvalue weighted by molar-refractivity contribution is 0.225. The molecule has 1 aliphatic carbocycles. The molecule has 0 aromatic heterocycles. The number of aliphatic hydroxyl groups excluding tert-OH is 1. The summed E-state index contributed by atoms with van der Waals surface area (Å²) < 4.78 is 5.61. The van der Waals surface area contributed by atoms with Crippen molar-refractivity contribution in [3.8, 4) is 5.75 Å². The van der Waals surface area contributed by atoms with Crippen LogP contribution < -0.4 is 10.5 Å². The summed E-state index contributed by atoms with van der Waals surface area (Å²) in [7, 11) is 0. The molecule has 3 heteroatoms. The summed E-state index contributed by atoms with van der Waals surface area (Å²) >= 11 is 0. The lowest BCUT2D eigenvalue weighted by Gasteiger charge is -2.11. The Morgan fingerprint density at radius 3 is 2.88 bits per heavy atom. The lowest BCUT2D eigenvalue weighted by Crippen LogP contribution is -2.02. The maximum Gasteiger partial charge on any atom is 0.119 e. The average molecular weight is 220 g/mol. The van der Waals surface area contributed by atoms with Crippen LogP contribution in [0.15, 0.2) is 18.2 Å². The minimum Gasteiger partial charge on any atom is -0.494 e. The van der Waals surface area contributed by atoms with E-state index in [0.29, 0.717) is 11.3 Å². The van der Waals surface area contributed by atoms with Crippen molar-refractivity contribution in [3.63, 3.8) is 0 Å². The number of aliphatic hydroxyl groups is 1. The maximum atomic E-state index is 9.41. The zero-order valence-electron chi connectivity index (χ0n) is 9.36. The minimum absolute atomic E-state index is 0.553. The topological polar surface area (TPSA) is 55.5 Å². The van der Waals surface area contributed by atoms with Gasteiger partial charge in [0.1, 0.15) is 5.75 Å². The van der Waals surface area contributed by atoms with Crippen LogP contribution in [0.1, 0.15) is 30.9 Å². The van der Waals surface area contributed by atoms with Crippen LogP contribution in [0.3, 0.4) is 0 Å². The van der Waals surface area contributed by atoms with Gasteiger partial charge in [-0.05, 0) is 37.5 Å². The summed E-state index contributed by atoms with van der Waals surface area (Å²) in [5.41, 5.74) is 6.90. The summed E-state index contributed by atoms with van der Waals surface area (Å²) in [4.78, 5) is 0. The number of hydrogen-bond donors (Lipinski definition) is 2. The number of nitrogen functional groups attached to an aromatic ring is 1. The van der Waals surface area contributed by atoms with E-state index in [0.717, 1.165) is 24.7 Å². The highest BCUT2D eigenvalue weighted by Gasteiger charge is 2.20. The fourth-order valence-electron chi connectivity index (χ4n) is 1.68. The third-order valence-corrected chi connectivity index (χ3v) is 2.91. The Morgan fingerprint density at radius 2 is 2.25 bits per heavy atom. The fraction of sp³-hybridized carbons (Fsp3) is 0.462. The first-order valence-corrected chi connectivity index (χ1v) is 5.70. The average Bonchev–Trinajstić information content (AvgIpc) is 3.04. The molecule has 0 heterocycles. The molecule has 1 atom stereocenters. The van der Waals surface area contributed by atoms with Crippen molar-refractivity contribution in [3.05, 3.63) is 30.7 Å². The Balaban J connectivity index is 1.94. The predicted octanol–water partition coefficient (Wildman–Crippen LogP) is 2.32. The first kappa shape index (κ1) is 11.3. The molecule has 1 fully saturated rings. The second kappa shape index (κ2) is 4.74. The highest BCUT2D eigenvalue weighted by Crippen LogP contribution is 2.32. The van der Waals surface area contributed by atoms with Gasteiger partial charge in [0.25, 0.3) is 0 Å². The van der Waals surface area contributed by atoms with Gasteiger partial charge in [0.05, 0.1) is 12.7 Å². The van der Waals surface area contributed by atoms with E-state index in [1.165, 1.54) is 12.8 Å². The number of anilines is 1. The number of benzene rings is 1. The van der Waals surface area contributed by atoms with Gasteiger partial charge in [0.2, 0.25) is 0 Å². The van der Waals surface area contributed by atoms with Crippen LogP contribution >= 0.6 is 0 Å². The zero-order valence-corrected chi connectivity index (χ0v) is 9.36. The standard InChI is InChI=1S/C13H18NO2/c1-9(15)12-8-11(4-5-13(12)14)16-7-6-10-2-3-10/h4-5,8-10,15H,1-3,6-7,14H2. The number of ether oxygens (including phenoxy) is 1. The van der Waals surface area contributed by atoms with E-state index in [-0.39, 0.29) is 0 Å². The summed E-state index contributed by atoms with van der Waals surface area (Å²) in [5, 5.41) is 9.41. The van der Waals surface area contributed by atoms with Crippen LogP contribution in [-0.4, -0.2) is 11.7 Å². The molecule has 1 radical (unpaired) electrons. The van der Waals surface area contributed by atoms with Crippen LogP contribution in [0.25, 0.3) is 0 Å². The first-order valence-electron chi connectivity index (χ1n) is 5.70. The molecule has 3 N–H and O–H groups in total. The van der Waals surface area contributed by atoms with E-state index in [9.17, 15) is 5.11 Å². The second-order valence-corrected chi connectivity index (χ2v) is 4.39. The molecular formula is C13H18NO2. The van der Waals surface area contributed by atoms with Gasteiger partial charge in [0, 0.05) is 11.3 Å². The Kier molecular flexibility index (Phi) is 3.34. The summed E-state index contributed by atoms with van der Waals surface area (Å²) in [6, 6.07) is 5.34. The van der Waals surface area contributed by atoms with Crippen molar-refractivity contribution in [2.24, 2.45) is 5.92 Å². The van der Waals surface area contributed by atoms with Crippen molar-refractivity contribution < 1.29 is 9.84 Å². The van der Waals surface area contributed by atoms with Crippen molar-refractivity contribution in [1.82, 2.24) is 0 Å². The van der Waals surface area contributed by atoms with Crippen molar-refractivity contribution in [2.45, 2.75) is 25.4 Å². The van der Waals surface area contributed by atoms with Gasteiger partial charge in [-0.1, -0.05) is 12.8 Å². The molecule has 0 amide bonds. The molecule has 1 aliphatic rings. The van der Waals surface area contributed by atoms with Gasteiger partial charge in [-0.15, -0.1) is 0 Å². The molecule has 1 saturated carbocycles. The quantitative estimate of drug-likeness (QED) is 0.749. The second-order valence-electron chi connectivity index (χ2n) is 4.39. The summed E-state index contributed by atoms with van der Waals surface area (Å²) in [6.07, 6.45) is 3.00. The number of nitrogens with two attached hydrogens (primary N) is 1. The zero-order chi connectivity index (χ0) is 11.5. The molecule has 0 bridgehead atoms. The van der Waals surface area contributed by atoms with E-state index >= 15 is 0 Å². The molecule has 0 spiro atoms. The van der Waals surface area contributed by atoms with Gasteiger partial charge in [-0.25, -0.2) is 0 Å². The molecule has 3 nitrogen and oxygen atoms in total. The Bertz CT molecular complexity index is 359. The Hall–Kier alpha value is -1.22. The minimum atomic E-state index is -0.799. The van der Waals surface area contributed by atoms with E-state index < -0.39 is 6.10 Å². The number of hydrogen-bond acceptors (Lipinski definition) is 3. The van der Waals surface area contributed by atoms with Gasteiger partial charge in [-0.2, -0.15) is 0 Å².